The first-order valence-electron chi connectivity index (χ1n) is 12.1. The van der Waals surface area contributed by atoms with Crippen LogP contribution in [0.1, 0.15) is 57.8 Å². The monoisotopic (exact) mass is 726 g/mol. The summed E-state index contributed by atoms with van der Waals surface area (Å²) in [6, 6.07) is 0. The number of carbonyl (C=O) groups is 1. The highest BCUT2D eigenvalue weighted by Crippen LogP contribution is 2.64. The molecule has 0 spiro atoms. The second-order valence-electron chi connectivity index (χ2n) is 9.98. The summed E-state index contributed by atoms with van der Waals surface area (Å²) >= 11 is 0. The van der Waals surface area contributed by atoms with Crippen molar-refractivity contribution in [3.05, 3.63) is 0 Å². The first kappa shape index (κ1) is 40.8. The molecule has 0 aromatic heterocycles. The molecule has 2 unspecified atom stereocenters. The third-order valence-electron chi connectivity index (χ3n) is 7.03. The fourth-order valence-corrected chi connectivity index (χ4v) is 7.37. The summed E-state index contributed by atoms with van der Waals surface area (Å²) in [5.41, 5.74) is 0. The number of halogens is 17. The van der Waals surface area contributed by atoms with E-state index in [1.165, 1.54) is 44.9 Å². The molecule has 0 saturated heterocycles. The van der Waals surface area contributed by atoms with E-state index in [2.05, 4.69) is 6.26 Å². The highest BCUT2D eigenvalue weighted by molar-refractivity contribution is 7.98. The van der Waals surface area contributed by atoms with Crippen molar-refractivity contribution in [2.24, 2.45) is 0 Å². The first-order valence-corrected chi connectivity index (χ1v) is 15.3. The van der Waals surface area contributed by atoms with Crippen LogP contribution in [0.4, 0.5) is 74.6 Å². The van der Waals surface area contributed by atoms with Crippen molar-refractivity contribution in [2.75, 3.05) is 6.26 Å². The van der Waals surface area contributed by atoms with Crippen LogP contribution in [0.3, 0.4) is 0 Å². The average Bonchev–Trinajstić information content (AvgIpc) is 2.87. The van der Waals surface area contributed by atoms with E-state index in [9.17, 15) is 92.4 Å². The molecule has 4 nitrogen and oxygen atoms in total. The number of hydrogen-bond acceptors (Lipinski definition) is 4. The molecule has 0 radical (unpaired) electrons. The van der Waals surface area contributed by atoms with Gasteiger partial charge in [0.1, 0.15) is 5.25 Å². The Morgan fingerprint density at radius 3 is 1.32 bits per heavy atom. The molecule has 2 fully saturated rings. The Labute approximate surface area is 241 Å². The lowest BCUT2D eigenvalue weighted by atomic mass is 9.91. The molecule has 0 heterocycles. The minimum Gasteiger partial charge on any atom is -0.743 e. The number of alkyl halides is 17. The second-order valence-corrected chi connectivity index (χ2v) is 13.9. The predicted octanol–water partition coefficient (Wildman–Crippen LogP) is 7.58. The number of Topliss-reactive ketones (excluding diaryl/α,β-unsaturated/α-hetero) is 1. The van der Waals surface area contributed by atoms with Gasteiger partial charge in [0.2, 0.25) is 0 Å². The van der Waals surface area contributed by atoms with Gasteiger partial charge in [-0.1, -0.05) is 6.42 Å². The van der Waals surface area contributed by atoms with E-state index in [1.807, 2.05) is 0 Å². The lowest BCUT2D eigenvalue weighted by molar-refractivity contribution is -0.458. The Morgan fingerprint density at radius 2 is 0.955 bits per heavy atom. The van der Waals surface area contributed by atoms with Crippen molar-refractivity contribution in [1.29, 1.82) is 0 Å². The zero-order chi connectivity index (χ0) is 35.2. The third kappa shape index (κ3) is 6.73. The van der Waals surface area contributed by atoms with Gasteiger partial charge in [-0.15, -0.1) is 0 Å². The van der Waals surface area contributed by atoms with E-state index in [1.54, 1.807) is 0 Å². The molecule has 0 bridgehead atoms. The van der Waals surface area contributed by atoms with Crippen molar-refractivity contribution >= 4 is 26.8 Å². The first-order chi connectivity index (χ1) is 19.3. The lowest BCUT2D eigenvalue weighted by Crippen LogP contribution is -2.75. The van der Waals surface area contributed by atoms with E-state index in [-0.39, 0.29) is 0 Å². The topological polar surface area (TPSA) is 74.3 Å². The minimum atomic E-state index is -8.92. The van der Waals surface area contributed by atoms with Gasteiger partial charge in [0.25, 0.3) is 0 Å². The Hall–Kier alpha value is -1.26. The van der Waals surface area contributed by atoms with Gasteiger partial charge < -0.3 is 4.55 Å². The fraction of sp³-hybridized carbons (Fsp3) is 0.952. The SMILES string of the molecule is C[S+](C1CCCCC1)C1CCCCC1=O.O=S(=O)([O-])C(F)(F)C(F)(F)C(F)(F)C(F)(F)C(F)(F)C(F)(F)C(F)(F)C(F)(F)F. The smallest absolute Gasteiger partial charge is 0.460 e. The van der Waals surface area contributed by atoms with E-state index in [0.717, 1.165) is 18.1 Å². The van der Waals surface area contributed by atoms with Crippen molar-refractivity contribution in [3.8, 4) is 0 Å². The number of rotatable bonds is 9. The van der Waals surface area contributed by atoms with Crippen LogP contribution < -0.4 is 0 Å². The fourth-order valence-electron chi connectivity index (χ4n) is 4.32. The van der Waals surface area contributed by atoms with Gasteiger partial charge in [0, 0.05) is 12.8 Å². The standard InChI is InChI=1S/C13H23OS.C8HF17O3S/c1-15(11-7-3-2-4-8-11)13-10-6-5-9-12(13)14;9-1(10,3(13,14)5(17,18)7(21,22)23)2(11,12)4(15,16)6(19,20)8(24,25)29(26,27)28/h11,13H,2-10H2,1H3;(H,26,27,28)/q+1;/p-1. The van der Waals surface area contributed by atoms with Crippen molar-refractivity contribution in [3.63, 3.8) is 0 Å². The van der Waals surface area contributed by atoms with Gasteiger partial charge in [-0.25, -0.2) is 8.42 Å². The van der Waals surface area contributed by atoms with E-state index >= 15 is 0 Å². The van der Waals surface area contributed by atoms with Crippen molar-refractivity contribution in [2.45, 2.75) is 115 Å². The van der Waals surface area contributed by atoms with Crippen molar-refractivity contribution < 1.29 is 92.4 Å². The molecule has 44 heavy (non-hydrogen) atoms. The van der Waals surface area contributed by atoms with Crippen LogP contribution in [-0.2, 0) is 25.8 Å². The molecule has 2 aliphatic carbocycles. The maximum absolute atomic E-state index is 13.0. The van der Waals surface area contributed by atoms with Gasteiger partial charge in [-0.3, -0.25) is 4.79 Å². The van der Waals surface area contributed by atoms with Crippen molar-refractivity contribution in [1.82, 2.24) is 0 Å². The van der Waals surface area contributed by atoms with Gasteiger partial charge >= 0.3 is 47.0 Å². The Balaban J connectivity index is 0.000000532. The summed E-state index contributed by atoms with van der Waals surface area (Å²) in [6.45, 7) is 0. The highest BCUT2D eigenvalue weighted by atomic mass is 32.2. The van der Waals surface area contributed by atoms with Crippen LogP contribution in [0.5, 0.6) is 0 Å². The lowest BCUT2D eigenvalue weighted by Gasteiger charge is -2.42. The van der Waals surface area contributed by atoms with Gasteiger partial charge in [0.15, 0.2) is 21.2 Å². The van der Waals surface area contributed by atoms with Gasteiger partial charge in [0.05, 0.1) is 6.26 Å². The van der Waals surface area contributed by atoms with E-state index in [4.69, 9.17) is 0 Å². The summed E-state index contributed by atoms with van der Waals surface area (Å²) in [6.07, 6.45) is 5.99. The molecule has 0 aliphatic heterocycles. The summed E-state index contributed by atoms with van der Waals surface area (Å²) in [5, 5.41) is -6.63. The average molecular weight is 727 g/mol. The maximum Gasteiger partial charge on any atom is 0.460 e. The summed E-state index contributed by atoms with van der Waals surface area (Å²) < 4.78 is 244. The van der Waals surface area contributed by atoms with Crippen LogP contribution in [0.25, 0.3) is 0 Å². The van der Waals surface area contributed by atoms with Crippen LogP contribution in [0, 0.1) is 0 Å². The molecule has 2 saturated carbocycles. The second kappa shape index (κ2) is 12.7. The number of ketones is 1. The Morgan fingerprint density at radius 1 is 0.591 bits per heavy atom. The zero-order valence-electron chi connectivity index (χ0n) is 21.9. The molecule has 0 N–H and O–H groups in total. The molecule has 2 rings (SSSR count). The molecular weight excluding hydrogens is 703 g/mol. The van der Waals surface area contributed by atoms with Gasteiger partial charge in [-0.05, 0) is 49.4 Å². The zero-order valence-corrected chi connectivity index (χ0v) is 23.5. The molecule has 0 amide bonds. The Kier molecular flexibility index (Phi) is 11.8. The summed E-state index contributed by atoms with van der Waals surface area (Å²) in [7, 11) is -7.77. The largest absolute Gasteiger partial charge is 0.743 e. The Bertz CT molecular complexity index is 1120. The molecule has 2 aliphatic rings. The van der Waals surface area contributed by atoms with Gasteiger partial charge in [-0.2, -0.15) is 74.6 Å². The molecular formula is C21H23F17O4S2. The molecule has 23 heteroatoms. The summed E-state index contributed by atoms with van der Waals surface area (Å²) in [5.74, 6) is -51.6. The molecule has 262 valence electrons. The van der Waals surface area contributed by atoms with E-state index < -0.39 is 57.1 Å². The number of carbonyl (C=O) groups excluding carboxylic acids is 1. The van der Waals surface area contributed by atoms with E-state index in [0.29, 0.717) is 21.9 Å². The predicted molar refractivity (Wildman–Crippen MR) is 118 cm³/mol. The van der Waals surface area contributed by atoms with Crippen LogP contribution in [0.2, 0.25) is 0 Å². The van der Waals surface area contributed by atoms with Crippen LogP contribution >= 0.6 is 0 Å². The molecule has 2 atom stereocenters. The molecule has 0 aromatic carbocycles. The highest BCUT2D eigenvalue weighted by Gasteiger charge is 2.95. The quantitative estimate of drug-likeness (QED) is 0.140. The normalized spacial score (nSPS) is 21.9. The van der Waals surface area contributed by atoms with Crippen LogP contribution in [0.15, 0.2) is 0 Å². The van der Waals surface area contributed by atoms with Crippen LogP contribution in [-0.4, -0.2) is 82.5 Å². The third-order valence-corrected chi connectivity index (χ3v) is 10.8. The minimum absolute atomic E-state index is 0.377. The summed E-state index contributed by atoms with van der Waals surface area (Å²) in [4.78, 5) is 11.9. The number of hydrogen-bond donors (Lipinski definition) is 0. The maximum atomic E-state index is 13.0. The molecule has 0 aromatic rings.